The number of para-hydroxylation sites is 1. The third-order valence-electron chi connectivity index (χ3n) is 4.80. The fourth-order valence-electron chi connectivity index (χ4n) is 3.46. The highest BCUT2D eigenvalue weighted by atomic mass is 16.4. The molecule has 0 aliphatic carbocycles. The molecule has 0 saturated heterocycles. The zero-order valence-electron chi connectivity index (χ0n) is 14.9. The highest BCUT2D eigenvalue weighted by Gasteiger charge is 2.25. The normalized spacial score (nSPS) is 13.7. The maximum absolute atomic E-state index is 11.5. The molecule has 0 spiro atoms. The molecule has 130 valence electrons. The average molecular weight is 336 g/mol. The van der Waals surface area contributed by atoms with Gasteiger partial charge >= 0.3 is 5.97 Å². The fourth-order valence-corrected chi connectivity index (χ4v) is 3.46. The first-order valence-electron chi connectivity index (χ1n) is 8.77. The molecule has 1 N–H and O–H groups in total. The molecule has 1 heterocycles. The molecule has 2 unspecified atom stereocenters. The first-order chi connectivity index (χ1) is 12.0. The summed E-state index contributed by atoms with van der Waals surface area (Å²) in [7, 11) is 0. The summed E-state index contributed by atoms with van der Waals surface area (Å²) in [6.45, 7) is 5.95. The summed E-state index contributed by atoms with van der Waals surface area (Å²) in [6.07, 6.45) is 1.34. The number of hydrogen-bond donors (Lipinski definition) is 1. The van der Waals surface area contributed by atoms with E-state index in [9.17, 15) is 9.90 Å². The van der Waals surface area contributed by atoms with Crippen molar-refractivity contribution in [2.24, 2.45) is 5.92 Å². The lowest BCUT2D eigenvalue weighted by Crippen LogP contribution is -2.20. The van der Waals surface area contributed by atoms with Crippen molar-refractivity contribution in [3.63, 3.8) is 0 Å². The quantitative estimate of drug-likeness (QED) is 0.715. The van der Waals surface area contributed by atoms with Crippen molar-refractivity contribution < 1.29 is 9.90 Å². The van der Waals surface area contributed by atoms with Gasteiger partial charge in [0.15, 0.2) is 0 Å². The fraction of sp³-hybridized carbons (Fsp3) is 0.333. The Bertz CT molecular complexity index is 884. The predicted octanol–water partition coefficient (Wildman–Crippen LogP) is 4.61. The summed E-state index contributed by atoms with van der Waals surface area (Å²) in [4.78, 5) is 16.3. The van der Waals surface area contributed by atoms with E-state index in [4.69, 9.17) is 4.98 Å². The zero-order chi connectivity index (χ0) is 18.0. The Kier molecular flexibility index (Phi) is 4.88. The number of aryl methyl sites for hydroxylation is 2. The molecule has 1 aromatic heterocycles. The number of fused-ring (bicyclic) bond motifs is 1. The third-order valence-corrected chi connectivity index (χ3v) is 4.80. The van der Waals surface area contributed by atoms with E-state index in [1.54, 1.807) is 6.92 Å². The van der Waals surface area contributed by atoms with E-state index >= 15 is 0 Å². The van der Waals surface area contributed by atoms with Crippen molar-refractivity contribution in [3.05, 3.63) is 65.5 Å². The van der Waals surface area contributed by atoms with Crippen LogP contribution in [-0.4, -0.2) is 20.6 Å². The zero-order valence-corrected chi connectivity index (χ0v) is 14.9. The number of carboxylic acids is 1. The van der Waals surface area contributed by atoms with Gasteiger partial charge in [-0.1, -0.05) is 56.3 Å². The molecule has 3 rings (SSSR count). The van der Waals surface area contributed by atoms with E-state index < -0.39 is 11.9 Å². The molecule has 2 atom stereocenters. The Morgan fingerprint density at radius 1 is 1.16 bits per heavy atom. The lowest BCUT2D eigenvalue weighted by Gasteiger charge is -2.24. The van der Waals surface area contributed by atoms with Crippen molar-refractivity contribution in [2.75, 3.05) is 0 Å². The molecule has 2 aromatic carbocycles. The summed E-state index contributed by atoms with van der Waals surface area (Å²) in [5.41, 5.74) is 4.35. The molecular formula is C21H24N2O2. The number of nitrogens with zero attached hydrogens (tertiary/aromatic N) is 2. The van der Waals surface area contributed by atoms with Gasteiger partial charge in [0.1, 0.15) is 5.82 Å². The second-order valence-corrected chi connectivity index (χ2v) is 6.60. The number of imidazole rings is 1. The first kappa shape index (κ1) is 17.2. The van der Waals surface area contributed by atoms with Crippen LogP contribution in [0.1, 0.15) is 43.3 Å². The van der Waals surface area contributed by atoms with E-state index in [2.05, 4.69) is 36.6 Å². The van der Waals surface area contributed by atoms with Crippen LogP contribution in [0.3, 0.4) is 0 Å². The van der Waals surface area contributed by atoms with E-state index in [0.29, 0.717) is 6.42 Å². The number of aliphatic carboxylic acids is 1. The van der Waals surface area contributed by atoms with Crippen LogP contribution in [0.4, 0.5) is 0 Å². The average Bonchev–Trinajstić information content (AvgIpc) is 3.00. The van der Waals surface area contributed by atoms with Crippen molar-refractivity contribution in [1.29, 1.82) is 0 Å². The van der Waals surface area contributed by atoms with E-state index in [1.807, 2.05) is 30.3 Å². The van der Waals surface area contributed by atoms with Crippen molar-refractivity contribution in [1.82, 2.24) is 9.55 Å². The number of aromatic nitrogens is 2. The molecular weight excluding hydrogens is 312 g/mol. The predicted molar refractivity (Wildman–Crippen MR) is 99.8 cm³/mol. The maximum Gasteiger partial charge on any atom is 0.306 e. The van der Waals surface area contributed by atoms with Gasteiger partial charge < -0.3 is 9.67 Å². The van der Waals surface area contributed by atoms with Crippen LogP contribution >= 0.6 is 0 Å². The van der Waals surface area contributed by atoms with Crippen molar-refractivity contribution in [3.8, 4) is 0 Å². The molecule has 3 aromatic rings. The number of hydrogen-bond acceptors (Lipinski definition) is 2. The minimum Gasteiger partial charge on any atom is -0.481 e. The third kappa shape index (κ3) is 3.29. The summed E-state index contributed by atoms with van der Waals surface area (Å²) >= 11 is 0. The standard InChI is InChI=1S/C21H24N2O2/c1-4-19-22-17-12-8-9-14(2)20(17)23(19)18(13-15(3)21(24)25)16-10-6-5-7-11-16/h5-12,15,18H,4,13H2,1-3H3,(H,24,25). The summed E-state index contributed by atoms with van der Waals surface area (Å²) in [5, 5.41) is 9.44. The van der Waals surface area contributed by atoms with Gasteiger partial charge in [-0.15, -0.1) is 0 Å². The SMILES string of the molecule is CCc1nc2cccc(C)c2n1C(CC(C)C(=O)O)c1ccccc1. The second kappa shape index (κ2) is 7.09. The Balaban J connectivity index is 2.22. The van der Waals surface area contributed by atoms with Crippen LogP contribution in [-0.2, 0) is 11.2 Å². The van der Waals surface area contributed by atoms with Crippen LogP contribution in [0.5, 0.6) is 0 Å². The van der Waals surface area contributed by atoms with Crippen LogP contribution in [0.2, 0.25) is 0 Å². The molecule has 25 heavy (non-hydrogen) atoms. The lowest BCUT2D eigenvalue weighted by atomic mass is 9.95. The molecule has 0 saturated carbocycles. The monoisotopic (exact) mass is 336 g/mol. The van der Waals surface area contributed by atoms with Crippen LogP contribution < -0.4 is 0 Å². The number of carboxylic acid groups (broad SMARTS) is 1. The molecule has 0 bridgehead atoms. The number of carbonyl (C=O) groups is 1. The largest absolute Gasteiger partial charge is 0.481 e. The Hall–Kier alpha value is -2.62. The van der Waals surface area contributed by atoms with Gasteiger partial charge in [0.25, 0.3) is 0 Å². The highest BCUT2D eigenvalue weighted by molar-refractivity contribution is 5.80. The van der Waals surface area contributed by atoms with E-state index in [-0.39, 0.29) is 6.04 Å². The Labute approximate surface area is 148 Å². The van der Waals surface area contributed by atoms with Crippen LogP contribution in [0.15, 0.2) is 48.5 Å². The summed E-state index contributed by atoms with van der Waals surface area (Å²) in [6, 6.07) is 16.2. The minimum absolute atomic E-state index is 0.0478. The first-order valence-corrected chi connectivity index (χ1v) is 8.77. The van der Waals surface area contributed by atoms with Gasteiger partial charge in [-0.25, -0.2) is 4.98 Å². The van der Waals surface area contributed by atoms with E-state index in [0.717, 1.165) is 34.4 Å². The van der Waals surface area contributed by atoms with Crippen molar-refractivity contribution in [2.45, 2.75) is 39.7 Å². The van der Waals surface area contributed by atoms with Gasteiger partial charge in [-0.05, 0) is 30.5 Å². The molecule has 0 amide bonds. The molecule has 0 radical (unpaired) electrons. The van der Waals surface area contributed by atoms with Gasteiger partial charge in [0, 0.05) is 6.42 Å². The molecule has 0 fully saturated rings. The Morgan fingerprint density at radius 3 is 2.52 bits per heavy atom. The second-order valence-electron chi connectivity index (χ2n) is 6.60. The van der Waals surface area contributed by atoms with Crippen LogP contribution in [0, 0.1) is 12.8 Å². The van der Waals surface area contributed by atoms with Gasteiger partial charge in [0.05, 0.1) is 23.0 Å². The highest BCUT2D eigenvalue weighted by Crippen LogP contribution is 2.32. The minimum atomic E-state index is -0.764. The molecule has 4 nitrogen and oxygen atoms in total. The topological polar surface area (TPSA) is 55.1 Å². The van der Waals surface area contributed by atoms with Gasteiger partial charge in [0.2, 0.25) is 0 Å². The maximum atomic E-state index is 11.5. The van der Waals surface area contributed by atoms with Crippen molar-refractivity contribution >= 4 is 17.0 Å². The molecule has 0 aliphatic heterocycles. The van der Waals surface area contributed by atoms with Gasteiger partial charge in [-0.3, -0.25) is 4.79 Å². The molecule has 4 heteroatoms. The molecule has 0 aliphatic rings. The van der Waals surface area contributed by atoms with Gasteiger partial charge in [-0.2, -0.15) is 0 Å². The number of rotatable bonds is 6. The lowest BCUT2D eigenvalue weighted by molar-refractivity contribution is -0.141. The Morgan fingerprint density at radius 2 is 1.88 bits per heavy atom. The summed E-state index contributed by atoms with van der Waals surface area (Å²) < 4.78 is 2.25. The van der Waals surface area contributed by atoms with Crippen LogP contribution in [0.25, 0.3) is 11.0 Å². The summed E-state index contributed by atoms with van der Waals surface area (Å²) in [5.74, 6) is -0.202. The van der Waals surface area contributed by atoms with E-state index in [1.165, 1.54) is 0 Å². The smallest absolute Gasteiger partial charge is 0.306 e. The number of benzene rings is 2.